The van der Waals surface area contributed by atoms with Crippen LogP contribution in [0.15, 0.2) is 24.3 Å². The molecule has 4 N–H and O–H groups in total. The number of phenolic OH excluding ortho intramolecular Hbond substituents is 1. The molecule has 1 atom stereocenters. The second-order valence-electron chi connectivity index (χ2n) is 3.57. The fourth-order valence-electron chi connectivity index (χ4n) is 1.50. The number of amides is 1. The first kappa shape index (κ1) is 11.5. The molecule has 4 heteroatoms. The van der Waals surface area contributed by atoms with Crippen LogP contribution in [-0.4, -0.2) is 17.6 Å². The monoisotopic (exact) mass is 208 g/mol. The van der Waals surface area contributed by atoms with Crippen LogP contribution in [0.2, 0.25) is 0 Å². The topological polar surface area (TPSA) is 75.3 Å². The summed E-state index contributed by atoms with van der Waals surface area (Å²) in [4.78, 5) is 11.4. The number of nitrogens with two attached hydrogens (primary N) is 1. The number of carbonyl (C=O) groups excluding carboxylic acids is 1. The molecule has 0 bridgehead atoms. The van der Waals surface area contributed by atoms with E-state index in [4.69, 9.17) is 5.73 Å². The molecule has 0 saturated heterocycles. The molecule has 0 aliphatic rings. The predicted octanol–water partition coefficient (Wildman–Crippen LogP) is 0.702. The largest absolute Gasteiger partial charge is 0.508 e. The SMILES string of the molecule is CCNC(C)(C(N)=O)c1cccc(O)c1. The average Bonchev–Trinajstić information content (AvgIpc) is 2.17. The highest BCUT2D eigenvalue weighted by Gasteiger charge is 2.32. The predicted molar refractivity (Wildman–Crippen MR) is 58.3 cm³/mol. The van der Waals surface area contributed by atoms with Gasteiger partial charge in [0.15, 0.2) is 0 Å². The van der Waals surface area contributed by atoms with Gasteiger partial charge in [0.05, 0.1) is 0 Å². The molecule has 4 nitrogen and oxygen atoms in total. The van der Waals surface area contributed by atoms with E-state index in [0.717, 1.165) is 0 Å². The van der Waals surface area contributed by atoms with Crippen LogP contribution in [0.4, 0.5) is 0 Å². The molecule has 0 aromatic heterocycles. The van der Waals surface area contributed by atoms with Gasteiger partial charge in [-0.3, -0.25) is 4.79 Å². The Bertz CT molecular complexity index is 365. The minimum absolute atomic E-state index is 0.123. The molecule has 0 radical (unpaired) electrons. The number of carbonyl (C=O) groups is 1. The fourth-order valence-corrected chi connectivity index (χ4v) is 1.50. The van der Waals surface area contributed by atoms with Crippen LogP contribution >= 0.6 is 0 Å². The Kier molecular flexibility index (Phi) is 3.31. The maximum atomic E-state index is 11.4. The molecule has 1 amide bonds. The quantitative estimate of drug-likeness (QED) is 0.682. The van der Waals surface area contributed by atoms with Gasteiger partial charge in [-0.05, 0) is 31.2 Å². The van der Waals surface area contributed by atoms with Crippen LogP contribution in [0.5, 0.6) is 5.75 Å². The summed E-state index contributed by atoms with van der Waals surface area (Å²) in [6, 6.07) is 6.53. The number of nitrogens with one attached hydrogen (secondary N) is 1. The van der Waals surface area contributed by atoms with Crippen molar-refractivity contribution in [1.29, 1.82) is 0 Å². The summed E-state index contributed by atoms with van der Waals surface area (Å²) in [5, 5.41) is 12.4. The van der Waals surface area contributed by atoms with Crippen LogP contribution in [0, 0.1) is 0 Å². The molecular formula is C11H16N2O2. The van der Waals surface area contributed by atoms with Crippen molar-refractivity contribution in [2.75, 3.05) is 6.54 Å². The number of hydrogen-bond donors (Lipinski definition) is 3. The lowest BCUT2D eigenvalue weighted by Gasteiger charge is -2.27. The van der Waals surface area contributed by atoms with Crippen molar-refractivity contribution in [1.82, 2.24) is 5.32 Å². The Morgan fingerprint density at radius 2 is 2.27 bits per heavy atom. The molecule has 0 spiro atoms. The van der Waals surface area contributed by atoms with Crippen LogP contribution in [0.3, 0.4) is 0 Å². The molecule has 0 aliphatic carbocycles. The maximum absolute atomic E-state index is 11.4. The molecule has 1 unspecified atom stereocenters. The Labute approximate surface area is 89.1 Å². The second kappa shape index (κ2) is 4.31. The fraction of sp³-hybridized carbons (Fsp3) is 0.364. The summed E-state index contributed by atoms with van der Waals surface area (Å²) in [6.45, 7) is 4.21. The Hall–Kier alpha value is -1.55. The smallest absolute Gasteiger partial charge is 0.242 e. The van der Waals surface area contributed by atoms with Crippen molar-refractivity contribution in [2.24, 2.45) is 5.73 Å². The van der Waals surface area contributed by atoms with Gasteiger partial charge in [-0.2, -0.15) is 0 Å². The summed E-state index contributed by atoms with van der Waals surface area (Å²) >= 11 is 0. The van der Waals surface area contributed by atoms with Gasteiger partial charge in [0.1, 0.15) is 11.3 Å². The molecule has 82 valence electrons. The van der Waals surface area contributed by atoms with E-state index in [1.165, 1.54) is 6.07 Å². The summed E-state index contributed by atoms with van der Waals surface area (Å²) in [5.41, 5.74) is 5.08. The number of rotatable bonds is 4. The van der Waals surface area contributed by atoms with Crippen molar-refractivity contribution in [3.63, 3.8) is 0 Å². The van der Waals surface area contributed by atoms with E-state index in [-0.39, 0.29) is 5.75 Å². The van der Waals surface area contributed by atoms with Crippen molar-refractivity contribution in [3.8, 4) is 5.75 Å². The number of likely N-dealkylation sites (N-methyl/N-ethyl adjacent to an activating group) is 1. The molecule has 1 aromatic carbocycles. The molecule has 0 saturated carbocycles. The van der Waals surface area contributed by atoms with Gasteiger partial charge in [0.25, 0.3) is 0 Å². The molecule has 0 heterocycles. The van der Waals surface area contributed by atoms with Gasteiger partial charge in [0.2, 0.25) is 5.91 Å². The van der Waals surface area contributed by atoms with Crippen LogP contribution in [0.25, 0.3) is 0 Å². The van der Waals surface area contributed by atoms with Crippen LogP contribution < -0.4 is 11.1 Å². The van der Waals surface area contributed by atoms with E-state index < -0.39 is 11.4 Å². The van der Waals surface area contributed by atoms with Crippen molar-refractivity contribution >= 4 is 5.91 Å². The molecule has 15 heavy (non-hydrogen) atoms. The molecular weight excluding hydrogens is 192 g/mol. The Morgan fingerprint density at radius 3 is 2.73 bits per heavy atom. The van der Waals surface area contributed by atoms with Gasteiger partial charge in [-0.25, -0.2) is 0 Å². The Morgan fingerprint density at radius 1 is 1.60 bits per heavy atom. The van der Waals surface area contributed by atoms with Gasteiger partial charge in [-0.15, -0.1) is 0 Å². The van der Waals surface area contributed by atoms with E-state index in [1.54, 1.807) is 25.1 Å². The first-order chi connectivity index (χ1) is 7.00. The number of aromatic hydroxyl groups is 1. The molecule has 0 aliphatic heterocycles. The van der Waals surface area contributed by atoms with E-state index >= 15 is 0 Å². The molecule has 1 aromatic rings. The third kappa shape index (κ3) is 2.27. The second-order valence-corrected chi connectivity index (χ2v) is 3.57. The summed E-state index contributed by atoms with van der Waals surface area (Å²) in [7, 11) is 0. The highest BCUT2D eigenvalue weighted by Crippen LogP contribution is 2.23. The standard InChI is InChI=1S/C11H16N2O2/c1-3-13-11(2,10(12)15)8-5-4-6-9(14)7-8/h4-7,13-14H,3H2,1-2H3,(H2,12,15). The lowest BCUT2D eigenvalue weighted by atomic mass is 9.91. The van der Waals surface area contributed by atoms with E-state index in [2.05, 4.69) is 5.32 Å². The van der Waals surface area contributed by atoms with Crippen molar-refractivity contribution in [2.45, 2.75) is 19.4 Å². The normalized spacial score (nSPS) is 14.5. The highest BCUT2D eigenvalue weighted by atomic mass is 16.3. The van der Waals surface area contributed by atoms with Crippen LogP contribution in [0.1, 0.15) is 19.4 Å². The van der Waals surface area contributed by atoms with Gasteiger partial charge in [-0.1, -0.05) is 19.1 Å². The van der Waals surface area contributed by atoms with Crippen molar-refractivity contribution < 1.29 is 9.90 Å². The first-order valence-electron chi connectivity index (χ1n) is 4.85. The first-order valence-corrected chi connectivity index (χ1v) is 4.85. The lowest BCUT2D eigenvalue weighted by molar-refractivity contribution is -0.124. The maximum Gasteiger partial charge on any atom is 0.242 e. The summed E-state index contributed by atoms with van der Waals surface area (Å²) in [5.74, 6) is -0.340. The zero-order valence-corrected chi connectivity index (χ0v) is 8.95. The van der Waals surface area contributed by atoms with Gasteiger partial charge >= 0.3 is 0 Å². The summed E-state index contributed by atoms with van der Waals surface area (Å²) in [6.07, 6.45) is 0. The minimum atomic E-state index is -0.937. The van der Waals surface area contributed by atoms with E-state index in [9.17, 15) is 9.90 Å². The van der Waals surface area contributed by atoms with Gasteiger partial charge in [0, 0.05) is 0 Å². The van der Waals surface area contributed by atoms with Gasteiger partial charge < -0.3 is 16.2 Å². The zero-order chi connectivity index (χ0) is 11.5. The van der Waals surface area contributed by atoms with Crippen LogP contribution in [-0.2, 0) is 10.3 Å². The lowest BCUT2D eigenvalue weighted by Crippen LogP contribution is -2.50. The summed E-state index contributed by atoms with van der Waals surface area (Å²) < 4.78 is 0. The third-order valence-electron chi connectivity index (χ3n) is 2.45. The van der Waals surface area contributed by atoms with E-state index in [1.807, 2.05) is 6.92 Å². The molecule has 1 rings (SSSR count). The zero-order valence-electron chi connectivity index (χ0n) is 8.95. The number of phenols is 1. The van der Waals surface area contributed by atoms with Crippen molar-refractivity contribution in [3.05, 3.63) is 29.8 Å². The molecule has 0 fully saturated rings. The number of primary amides is 1. The third-order valence-corrected chi connectivity index (χ3v) is 2.45. The Balaban J connectivity index is 3.15. The minimum Gasteiger partial charge on any atom is -0.508 e. The van der Waals surface area contributed by atoms with E-state index in [0.29, 0.717) is 12.1 Å². The number of hydrogen-bond acceptors (Lipinski definition) is 3. The average molecular weight is 208 g/mol. The highest BCUT2D eigenvalue weighted by molar-refractivity contribution is 5.85. The number of benzene rings is 1.